The lowest BCUT2D eigenvalue weighted by molar-refractivity contribution is -0.125. The number of methoxy groups -OCH3 is 1. The monoisotopic (exact) mass is 319 g/mol. The molecule has 3 N–H and O–H groups in total. The zero-order valence-corrected chi connectivity index (χ0v) is 12.2. The summed E-state index contributed by atoms with van der Waals surface area (Å²) in [6, 6.07) is 4.64. The molecule has 0 unspecified atom stereocenters. The molecule has 0 saturated carbocycles. The lowest BCUT2D eigenvalue weighted by Crippen LogP contribution is -2.47. The maximum atomic E-state index is 13.2. The van der Waals surface area contributed by atoms with Crippen LogP contribution >= 0.6 is 0 Å². The topological polar surface area (TPSA) is 97.9 Å². The number of rotatable bonds is 3. The fraction of sp³-hybridized carbons (Fsp3) is 0.200. The maximum Gasteiger partial charge on any atom is 0.269 e. The van der Waals surface area contributed by atoms with Crippen molar-refractivity contribution in [2.24, 2.45) is 5.73 Å². The molecule has 1 amide bonds. The molecule has 3 rings (SSSR count). The molecule has 1 aromatic carbocycles. The molecule has 0 fully saturated rings. The summed E-state index contributed by atoms with van der Waals surface area (Å²) in [4.78, 5) is 15.6. The number of hydrogen-bond acceptors (Lipinski definition) is 6. The van der Waals surface area contributed by atoms with Gasteiger partial charge < -0.3 is 15.2 Å². The van der Waals surface area contributed by atoms with Gasteiger partial charge in [0.05, 0.1) is 19.3 Å². The number of anilines is 1. The molecule has 1 atom stereocenters. The average molecular weight is 319 g/mol. The highest BCUT2D eigenvalue weighted by atomic mass is 19.1. The van der Waals surface area contributed by atoms with Crippen molar-refractivity contribution in [1.29, 1.82) is 0 Å². The number of nitrogens with two attached hydrogens (primary N) is 1. The predicted molar refractivity (Wildman–Crippen MR) is 78.2 cm³/mol. The van der Waals surface area contributed by atoms with Crippen LogP contribution in [0.5, 0.6) is 17.2 Å². The van der Waals surface area contributed by atoms with Crippen LogP contribution in [-0.2, 0) is 11.2 Å². The average Bonchev–Trinajstić information content (AvgIpc) is 2.54. The van der Waals surface area contributed by atoms with Gasteiger partial charge in [0.15, 0.2) is 17.3 Å². The van der Waals surface area contributed by atoms with Crippen LogP contribution in [0.1, 0.15) is 5.56 Å². The van der Waals surface area contributed by atoms with Crippen molar-refractivity contribution in [3.63, 3.8) is 0 Å². The van der Waals surface area contributed by atoms with E-state index in [0.29, 0.717) is 22.1 Å². The smallest absolute Gasteiger partial charge is 0.269 e. The lowest BCUT2D eigenvalue weighted by Gasteiger charge is -2.26. The summed E-state index contributed by atoms with van der Waals surface area (Å²) in [5, 5.41) is 10.2. The van der Waals surface area contributed by atoms with E-state index in [2.05, 4.69) is 4.98 Å². The lowest BCUT2D eigenvalue weighted by atomic mass is 10.0. The summed E-state index contributed by atoms with van der Waals surface area (Å²) in [6.07, 6.45) is 1.57. The number of ether oxygens (including phenoxy) is 2. The number of halogens is 1. The van der Waals surface area contributed by atoms with E-state index in [9.17, 15) is 14.4 Å². The van der Waals surface area contributed by atoms with Crippen LogP contribution in [0.2, 0.25) is 0 Å². The summed E-state index contributed by atoms with van der Waals surface area (Å²) in [5.41, 5.74) is 6.23. The second kappa shape index (κ2) is 5.82. The molecule has 1 aliphatic heterocycles. The second-order valence-corrected chi connectivity index (χ2v) is 5.01. The third-order valence-electron chi connectivity index (χ3n) is 3.44. The highest BCUT2D eigenvalue weighted by Gasteiger charge is 2.31. The van der Waals surface area contributed by atoms with Gasteiger partial charge in [-0.1, -0.05) is 0 Å². The number of hydroxylamine groups is 1. The van der Waals surface area contributed by atoms with E-state index in [0.717, 1.165) is 0 Å². The summed E-state index contributed by atoms with van der Waals surface area (Å²) >= 11 is 0. The van der Waals surface area contributed by atoms with Crippen LogP contribution in [-0.4, -0.2) is 29.3 Å². The van der Waals surface area contributed by atoms with Gasteiger partial charge in [-0.05, 0) is 18.2 Å². The normalized spacial score (nSPS) is 17.0. The van der Waals surface area contributed by atoms with Gasteiger partial charge in [0.25, 0.3) is 5.91 Å². The highest BCUT2D eigenvalue weighted by molar-refractivity contribution is 5.97. The largest absolute Gasteiger partial charge is 0.493 e. The molecule has 0 spiro atoms. The third kappa shape index (κ3) is 2.81. The first-order chi connectivity index (χ1) is 11.0. The minimum absolute atomic E-state index is 0.120. The van der Waals surface area contributed by atoms with E-state index in [-0.39, 0.29) is 18.0 Å². The Bertz CT molecular complexity index is 768. The minimum Gasteiger partial charge on any atom is -0.493 e. The number of pyridine rings is 1. The van der Waals surface area contributed by atoms with Crippen molar-refractivity contribution in [2.75, 3.05) is 12.2 Å². The molecule has 0 saturated heterocycles. The van der Waals surface area contributed by atoms with Crippen LogP contribution < -0.4 is 20.3 Å². The third-order valence-corrected chi connectivity index (χ3v) is 3.44. The van der Waals surface area contributed by atoms with Crippen molar-refractivity contribution < 1.29 is 23.9 Å². The molecule has 120 valence electrons. The summed E-state index contributed by atoms with van der Waals surface area (Å²) in [7, 11) is 1.40. The van der Waals surface area contributed by atoms with Gasteiger partial charge in [-0.3, -0.25) is 10.0 Å². The molecule has 8 heteroatoms. The Kier molecular flexibility index (Phi) is 3.85. The van der Waals surface area contributed by atoms with Gasteiger partial charge >= 0.3 is 0 Å². The summed E-state index contributed by atoms with van der Waals surface area (Å²) < 4.78 is 23.9. The SMILES string of the molecule is COc1cc(F)ccc1Oc1cnc2c(c1)C[C@H](N)C(=O)N2O. The number of carbonyl (C=O) groups is 1. The maximum absolute atomic E-state index is 13.2. The standard InChI is InChI=1S/C15H14FN3O4/c1-22-13-6-9(16)2-3-12(13)23-10-4-8-5-11(17)15(20)19(21)14(8)18-7-10/h2-4,6-7,11,21H,5,17H2,1H3/t11-/m0/s1. The zero-order valence-electron chi connectivity index (χ0n) is 12.2. The highest BCUT2D eigenvalue weighted by Crippen LogP contribution is 2.34. The Labute approximate surface area is 131 Å². The van der Waals surface area contributed by atoms with Crippen LogP contribution in [0.15, 0.2) is 30.5 Å². The van der Waals surface area contributed by atoms with Gasteiger partial charge in [-0.25, -0.2) is 9.37 Å². The van der Waals surface area contributed by atoms with Crippen molar-refractivity contribution >= 4 is 11.7 Å². The van der Waals surface area contributed by atoms with Gasteiger partial charge in [0.2, 0.25) is 0 Å². The number of amides is 1. The van der Waals surface area contributed by atoms with E-state index >= 15 is 0 Å². The number of nitrogens with zero attached hydrogens (tertiary/aromatic N) is 2. The summed E-state index contributed by atoms with van der Waals surface area (Å²) in [6.45, 7) is 0. The quantitative estimate of drug-likeness (QED) is 0.834. The predicted octanol–water partition coefficient (Wildman–Crippen LogP) is 1.63. The van der Waals surface area contributed by atoms with Gasteiger partial charge in [-0.15, -0.1) is 0 Å². The summed E-state index contributed by atoms with van der Waals surface area (Å²) in [5.74, 6) is -0.0400. The number of carbonyl (C=O) groups excluding carboxylic acids is 1. The molecule has 0 radical (unpaired) electrons. The van der Waals surface area contributed by atoms with E-state index in [4.69, 9.17) is 15.2 Å². The van der Waals surface area contributed by atoms with E-state index < -0.39 is 17.8 Å². The molecule has 1 aromatic heterocycles. The molecule has 2 aromatic rings. The molecule has 7 nitrogen and oxygen atoms in total. The number of hydrogen-bond donors (Lipinski definition) is 2. The Morgan fingerprint density at radius 3 is 2.91 bits per heavy atom. The van der Waals surface area contributed by atoms with Gasteiger partial charge in [-0.2, -0.15) is 5.06 Å². The van der Waals surface area contributed by atoms with Crippen LogP contribution in [0.3, 0.4) is 0 Å². The first-order valence-electron chi connectivity index (χ1n) is 6.78. The van der Waals surface area contributed by atoms with Crippen molar-refractivity contribution in [2.45, 2.75) is 12.5 Å². The number of fused-ring (bicyclic) bond motifs is 1. The number of aromatic nitrogens is 1. The fourth-order valence-electron chi connectivity index (χ4n) is 2.32. The van der Waals surface area contributed by atoms with Crippen LogP contribution in [0, 0.1) is 5.82 Å². The molecule has 23 heavy (non-hydrogen) atoms. The Balaban J connectivity index is 1.91. The Morgan fingerprint density at radius 1 is 1.39 bits per heavy atom. The molecule has 0 bridgehead atoms. The van der Waals surface area contributed by atoms with E-state index in [1.165, 1.54) is 31.5 Å². The zero-order chi connectivity index (χ0) is 16.6. The number of benzene rings is 1. The van der Waals surface area contributed by atoms with Crippen molar-refractivity contribution in [1.82, 2.24) is 4.98 Å². The van der Waals surface area contributed by atoms with Crippen molar-refractivity contribution in [3.8, 4) is 17.2 Å². The molecule has 0 aliphatic carbocycles. The first kappa shape index (κ1) is 15.2. The molecular weight excluding hydrogens is 305 g/mol. The second-order valence-electron chi connectivity index (χ2n) is 5.01. The van der Waals surface area contributed by atoms with Gasteiger partial charge in [0.1, 0.15) is 11.6 Å². The first-order valence-corrected chi connectivity index (χ1v) is 6.78. The molecule has 1 aliphatic rings. The fourth-order valence-corrected chi connectivity index (χ4v) is 2.32. The van der Waals surface area contributed by atoms with Crippen molar-refractivity contribution in [3.05, 3.63) is 41.8 Å². The van der Waals surface area contributed by atoms with Gasteiger partial charge in [0, 0.05) is 18.1 Å². The van der Waals surface area contributed by atoms with Crippen LogP contribution in [0.4, 0.5) is 10.2 Å². The van der Waals surface area contributed by atoms with E-state index in [1.807, 2.05) is 0 Å². The minimum atomic E-state index is -0.843. The van der Waals surface area contributed by atoms with E-state index in [1.54, 1.807) is 6.07 Å². The Morgan fingerprint density at radius 2 is 2.17 bits per heavy atom. The Hall–Kier alpha value is -2.71. The van der Waals surface area contributed by atoms with Crippen LogP contribution in [0.25, 0.3) is 0 Å². The molecule has 2 heterocycles. The molecular formula is C15H14FN3O4.